The number of aromatic nitrogens is 1. The van der Waals surface area contributed by atoms with E-state index in [4.69, 9.17) is 15.5 Å². The van der Waals surface area contributed by atoms with Crippen LogP contribution in [0.25, 0.3) is 22.2 Å². The second kappa shape index (κ2) is 4.85. The van der Waals surface area contributed by atoms with E-state index < -0.39 is 0 Å². The van der Waals surface area contributed by atoms with Gasteiger partial charge in [-0.2, -0.15) is 0 Å². The van der Waals surface area contributed by atoms with Gasteiger partial charge in [0.15, 0.2) is 0 Å². The predicted octanol–water partition coefficient (Wildman–Crippen LogP) is 3.80. The van der Waals surface area contributed by atoms with Gasteiger partial charge in [0.05, 0.1) is 18.3 Å². The summed E-state index contributed by atoms with van der Waals surface area (Å²) >= 11 is 0. The summed E-state index contributed by atoms with van der Waals surface area (Å²) in [4.78, 5) is 4.75. The van der Waals surface area contributed by atoms with Gasteiger partial charge in [0.25, 0.3) is 0 Å². The Bertz CT molecular complexity index is 767. The summed E-state index contributed by atoms with van der Waals surface area (Å²) in [6, 6.07) is 15.9. The first kappa shape index (κ1) is 12.5. The third-order valence-corrected chi connectivity index (χ3v) is 3.53. The van der Waals surface area contributed by atoms with Crippen LogP contribution in [-0.4, -0.2) is 12.1 Å². The molecule has 0 aliphatic rings. The highest BCUT2D eigenvalue weighted by Gasteiger charge is 2.11. The van der Waals surface area contributed by atoms with E-state index in [9.17, 15) is 0 Å². The van der Waals surface area contributed by atoms with Crippen LogP contribution >= 0.6 is 0 Å². The summed E-state index contributed by atoms with van der Waals surface area (Å²) in [5, 5.41) is 0.932. The normalized spacial score (nSPS) is 10.7. The zero-order chi connectivity index (χ0) is 14.1. The third kappa shape index (κ3) is 1.97. The number of methoxy groups -OCH3 is 1. The van der Waals surface area contributed by atoms with E-state index in [1.54, 1.807) is 7.11 Å². The van der Waals surface area contributed by atoms with Crippen LogP contribution in [-0.2, 0) is 0 Å². The minimum absolute atomic E-state index is 0.757. The monoisotopic (exact) mass is 264 g/mol. The van der Waals surface area contributed by atoms with Crippen molar-refractivity contribution in [2.75, 3.05) is 12.8 Å². The minimum atomic E-state index is 0.757. The number of benzene rings is 2. The first-order valence-corrected chi connectivity index (χ1v) is 6.50. The molecule has 3 nitrogen and oxygen atoms in total. The third-order valence-electron chi connectivity index (χ3n) is 3.53. The van der Waals surface area contributed by atoms with E-state index in [0.717, 1.165) is 39.2 Å². The fraction of sp³-hybridized carbons (Fsp3) is 0.118. The van der Waals surface area contributed by atoms with Crippen molar-refractivity contribution >= 4 is 16.6 Å². The van der Waals surface area contributed by atoms with Crippen molar-refractivity contribution in [3.63, 3.8) is 0 Å². The van der Waals surface area contributed by atoms with E-state index in [1.807, 2.05) is 55.5 Å². The molecule has 0 aliphatic heterocycles. The summed E-state index contributed by atoms with van der Waals surface area (Å²) < 4.78 is 5.25. The number of anilines is 1. The molecule has 0 bridgehead atoms. The number of nitrogen functional groups attached to an aromatic ring is 1. The molecule has 0 saturated carbocycles. The molecular formula is C17H16N2O. The molecule has 1 aromatic heterocycles. The Balaban J connectivity index is 2.29. The van der Waals surface area contributed by atoms with Crippen LogP contribution in [0.4, 0.5) is 5.69 Å². The van der Waals surface area contributed by atoms with Crippen LogP contribution in [0.3, 0.4) is 0 Å². The molecule has 0 fully saturated rings. The lowest BCUT2D eigenvalue weighted by atomic mass is 10.0. The Kier molecular flexibility index (Phi) is 3.03. The Morgan fingerprint density at radius 2 is 1.80 bits per heavy atom. The lowest BCUT2D eigenvalue weighted by Crippen LogP contribution is -1.98. The molecule has 0 radical (unpaired) electrons. The number of nitrogens with two attached hydrogens (primary N) is 1. The van der Waals surface area contributed by atoms with Crippen molar-refractivity contribution in [1.82, 2.24) is 4.98 Å². The van der Waals surface area contributed by atoms with Gasteiger partial charge in [-0.15, -0.1) is 0 Å². The Morgan fingerprint density at radius 1 is 1.05 bits per heavy atom. The van der Waals surface area contributed by atoms with Gasteiger partial charge in [-0.05, 0) is 30.7 Å². The molecule has 2 N–H and O–H groups in total. The zero-order valence-corrected chi connectivity index (χ0v) is 11.6. The largest absolute Gasteiger partial charge is 0.497 e. The van der Waals surface area contributed by atoms with Gasteiger partial charge in [-0.3, -0.25) is 0 Å². The fourth-order valence-electron chi connectivity index (χ4n) is 2.37. The molecule has 0 amide bonds. The number of ether oxygens (including phenoxy) is 1. The lowest BCUT2D eigenvalue weighted by Gasteiger charge is -2.12. The Labute approximate surface area is 118 Å². The maximum Gasteiger partial charge on any atom is 0.119 e. The minimum Gasteiger partial charge on any atom is -0.497 e. The van der Waals surface area contributed by atoms with Crippen LogP contribution in [0.5, 0.6) is 5.75 Å². The first-order chi connectivity index (χ1) is 9.70. The summed E-state index contributed by atoms with van der Waals surface area (Å²) in [7, 11) is 1.65. The molecule has 3 aromatic rings. The molecule has 2 aromatic carbocycles. The van der Waals surface area contributed by atoms with Crippen LogP contribution in [0, 0.1) is 6.92 Å². The lowest BCUT2D eigenvalue weighted by molar-refractivity contribution is 0.415. The first-order valence-electron chi connectivity index (χ1n) is 6.50. The highest BCUT2D eigenvalue weighted by Crippen LogP contribution is 2.32. The molecule has 0 unspecified atom stereocenters. The topological polar surface area (TPSA) is 48.1 Å². The van der Waals surface area contributed by atoms with E-state index in [1.165, 1.54) is 0 Å². The summed E-state index contributed by atoms with van der Waals surface area (Å²) in [6.07, 6.45) is 0. The molecule has 0 saturated heterocycles. The number of fused-ring (bicyclic) bond motifs is 1. The van der Waals surface area contributed by atoms with Gasteiger partial charge in [-0.25, -0.2) is 4.98 Å². The van der Waals surface area contributed by atoms with Crippen LogP contribution < -0.4 is 10.5 Å². The standard InChI is InChI=1S/C17H16N2O/c1-11-16(18)14-10-13(20-2)8-9-15(14)19-17(11)12-6-4-3-5-7-12/h3-10H,1-2H3,(H2,18,19). The van der Waals surface area contributed by atoms with Crippen molar-refractivity contribution in [2.24, 2.45) is 0 Å². The van der Waals surface area contributed by atoms with Crippen molar-refractivity contribution in [3.05, 3.63) is 54.1 Å². The number of rotatable bonds is 2. The molecule has 100 valence electrons. The summed E-state index contributed by atoms with van der Waals surface area (Å²) in [6.45, 7) is 2.00. The average molecular weight is 264 g/mol. The van der Waals surface area contributed by atoms with Crippen molar-refractivity contribution in [3.8, 4) is 17.0 Å². The number of hydrogen-bond donors (Lipinski definition) is 1. The van der Waals surface area contributed by atoms with Gasteiger partial charge in [0, 0.05) is 16.6 Å². The van der Waals surface area contributed by atoms with Crippen molar-refractivity contribution in [2.45, 2.75) is 6.92 Å². The predicted molar refractivity (Wildman–Crippen MR) is 82.9 cm³/mol. The average Bonchev–Trinajstić information content (AvgIpc) is 2.51. The van der Waals surface area contributed by atoms with E-state index in [0.29, 0.717) is 0 Å². The van der Waals surface area contributed by atoms with E-state index >= 15 is 0 Å². The smallest absolute Gasteiger partial charge is 0.119 e. The molecule has 0 atom stereocenters. The number of pyridine rings is 1. The van der Waals surface area contributed by atoms with E-state index in [-0.39, 0.29) is 0 Å². The SMILES string of the molecule is COc1ccc2nc(-c3ccccc3)c(C)c(N)c2c1. The van der Waals surface area contributed by atoms with E-state index in [2.05, 4.69) is 0 Å². The maximum absolute atomic E-state index is 6.28. The Hall–Kier alpha value is -2.55. The van der Waals surface area contributed by atoms with Crippen LogP contribution in [0.1, 0.15) is 5.56 Å². The quantitative estimate of drug-likeness (QED) is 0.765. The van der Waals surface area contributed by atoms with Gasteiger partial charge >= 0.3 is 0 Å². The molecule has 3 heteroatoms. The molecule has 0 aliphatic carbocycles. The number of nitrogens with zero attached hydrogens (tertiary/aromatic N) is 1. The summed E-state index contributed by atoms with van der Waals surface area (Å²) in [5.41, 5.74) is 10.9. The molecule has 0 spiro atoms. The van der Waals surface area contributed by atoms with Crippen LogP contribution in [0.2, 0.25) is 0 Å². The second-order valence-electron chi connectivity index (χ2n) is 4.75. The maximum atomic E-state index is 6.28. The van der Waals surface area contributed by atoms with Gasteiger partial charge in [0.1, 0.15) is 5.75 Å². The van der Waals surface area contributed by atoms with Gasteiger partial charge in [0.2, 0.25) is 0 Å². The Morgan fingerprint density at radius 3 is 2.50 bits per heavy atom. The van der Waals surface area contributed by atoms with Crippen molar-refractivity contribution in [1.29, 1.82) is 0 Å². The highest BCUT2D eigenvalue weighted by atomic mass is 16.5. The zero-order valence-electron chi connectivity index (χ0n) is 11.6. The van der Waals surface area contributed by atoms with Crippen LogP contribution in [0.15, 0.2) is 48.5 Å². The fourth-order valence-corrected chi connectivity index (χ4v) is 2.37. The highest BCUT2D eigenvalue weighted by molar-refractivity contribution is 5.95. The van der Waals surface area contributed by atoms with Crippen molar-refractivity contribution < 1.29 is 4.74 Å². The molecule has 1 heterocycles. The molecule has 3 rings (SSSR count). The second-order valence-corrected chi connectivity index (χ2v) is 4.75. The number of hydrogen-bond acceptors (Lipinski definition) is 3. The molecular weight excluding hydrogens is 248 g/mol. The van der Waals surface area contributed by atoms with Gasteiger partial charge < -0.3 is 10.5 Å². The summed E-state index contributed by atoms with van der Waals surface area (Å²) in [5.74, 6) is 0.790. The molecule has 20 heavy (non-hydrogen) atoms. The van der Waals surface area contributed by atoms with Gasteiger partial charge in [-0.1, -0.05) is 30.3 Å².